The number of amides is 2. The average molecular weight is 423 g/mol. The van der Waals surface area contributed by atoms with Crippen LogP contribution in [-0.2, 0) is 0 Å². The Morgan fingerprint density at radius 3 is 2.93 bits per heavy atom. The quantitative estimate of drug-likeness (QED) is 0.682. The molecule has 1 aliphatic carbocycles. The summed E-state index contributed by atoms with van der Waals surface area (Å²) in [5.41, 5.74) is 2.92. The van der Waals surface area contributed by atoms with Gasteiger partial charge in [0.2, 0.25) is 0 Å². The summed E-state index contributed by atoms with van der Waals surface area (Å²) >= 11 is 1.55. The molecule has 5 rings (SSSR count). The number of carbonyl (C=O) groups is 2. The van der Waals surface area contributed by atoms with Crippen LogP contribution in [0.4, 0.5) is 0 Å². The van der Waals surface area contributed by atoms with Crippen LogP contribution in [0.1, 0.15) is 38.0 Å². The number of rotatable bonds is 5. The van der Waals surface area contributed by atoms with Crippen molar-refractivity contribution in [2.45, 2.75) is 26.3 Å². The normalized spacial score (nSPS) is 22.1. The Bertz CT molecular complexity index is 1110. The minimum Gasteiger partial charge on any atom is -0.364 e. The molecule has 7 nitrogen and oxygen atoms in total. The monoisotopic (exact) mass is 422 g/mol. The Kier molecular flexibility index (Phi) is 4.66. The van der Waals surface area contributed by atoms with Gasteiger partial charge in [-0.25, -0.2) is 4.98 Å². The molecular weight excluding hydrogens is 400 g/mol. The lowest BCUT2D eigenvalue weighted by molar-refractivity contribution is 0.0690. The number of hydrogen-bond donors (Lipinski definition) is 1. The van der Waals surface area contributed by atoms with Crippen molar-refractivity contribution in [2.24, 2.45) is 11.8 Å². The van der Waals surface area contributed by atoms with E-state index in [0.717, 1.165) is 34.0 Å². The highest BCUT2D eigenvalue weighted by Gasteiger charge is 2.54. The predicted molar refractivity (Wildman–Crippen MR) is 112 cm³/mol. The van der Waals surface area contributed by atoms with Crippen molar-refractivity contribution in [1.29, 1.82) is 0 Å². The van der Waals surface area contributed by atoms with E-state index in [1.807, 2.05) is 36.9 Å². The molecule has 2 fully saturated rings. The number of nitrogens with zero attached hydrogens (tertiary/aromatic N) is 3. The zero-order valence-corrected chi connectivity index (χ0v) is 17.6. The molecular formula is C22H22N4O3S. The maximum atomic E-state index is 13.5. The first-order valence-corrected chi connectivity index (χ1v) is 10.9. The van der Waals surface area contributed by atoms with E-state index in [2.05, 4.69) is 21.5 Å². The van der Waals surface area contributed by atoms with E-state index in [1.54, 1.807) is 11.3 Å². The largest absolute Gasteiger partial charge is 0.364 e. The van der Waals surface area contributed by atoms with E-state index < -0.39 is 0 Å². The van der Waals surface area contributed by atoms with E-state index in [4.69, 9.17) is 4.52 Å². The van der Waals surface area contributed by atoms with E-state index in [-0.39, 0.29) is 23.6 Å². The summed E-state index contributed by atoms with van der Waals surface area (Å²) < 4.78 is 4.74. The Hall–Kier alpha value is -3.00. The first-order chi connectivity index (χ1) is 14.5. The van der Waals surface area contributed by atoms with Crippen molar-refractivity contribution in [3.05, 3.63) is 58.6 Å². The fourth-order valence-corrected chi connectivity index (χ4v) is 5.28. The first-order valence-electron chi connectivity index (χ1n) is 10.1. The van der Waals surface area contributed by atoms with Gasteiger partial charge >= 0.3 is 0 Å². The molecule has 30 heavy (non-hydrogen) atoms. The number of thiazole rings is 1. The number of nitrogens with one attached hydrogen (secondary N) is 1. The minimum atomic E-state index is -0.287. The van der Waals surface area contributed by atoms with Crippen molar-refractivity contribution in [2.75, 3.05) is 13.1 Å². The van der Waals surface area contributed by atoms with Gasteiger partial charge < -0.3 is 14.7 Å². The average Bonchev–Trinajstić information content (AvgIpc) is 3.11. The SMILES string of the molecule is Cc1cccc(-c2sc(C)nc2C(=O)N2C[C@@H]3C[C@@H]3[C@H]2CNC(=O)c2ccon2)c1. The summed E-state index contributed by atoms with van der Waals surface area (Å²) in [4.78, 5) is 33.2. The fourth-order valence-electron chi connectivity index (χ4n) is 4.37. The van der Waals surface area contributed by atoms with Gasteiger partial charge in [-0.3, -0.25) is 9.59 Å². The maximum Gasteiger partial charge on any atom is 0.274 e. The third-order valence-electron chi connectivity index (χ3n) is 5.92. The van der Waals surface area contributed by atoms with Crippen LogP contribution in [0.3, 0.4) is 0 Å². The molecule has 2 amide bonds. The number of carbonyl (C=O) groups excluding carboxylic acids is 2. The van der Waals surface area contributed by atoms with Crippen molar-refractivity contribution < 1.29 is 14.1 Å². The van der Waals surface area contributed by atoms with Crippen LogP contribution in [0.5, 0.6) is 0 Å². The summed E-state index contributed by atoms with van der Waals surface area (Å²) in [7, 11) is 0. The lowest BCUT2D eigenvalue weighted by atomic mass is 10.1. The first kappa shape index (κ1) is 19.0. The van der Waals surface area contributed by atoms with Gasteiger partial charge in [0, 0.05) is 19.2 Å². The van der Waals surface area contributed by atoms with Crippen LogP contribution in [0, 0.1) is 25.7 Å². The van der Waals surface area contributed by atoms with Crippen LogP contribution in [0.15, 0.2) is 41.1 Å². The van der Waals surface area contributed by atoms with E-state index >= 15 is 0 Å². The summed E-state index contributed by atoms with van der Waals surface area (Å²) in [6.45, 7) is 5.09. The molecule has 0 unspecified atom stereocenters. The Morgan fingerprint density at radius 1 is 1.30 bits per heavy atom. The number of aromatic nitrogens is 2. The van der Waals surface area contributed by atoms with Crippen LogP contribution < -0.4 is 5.32 Å². The standard InChI is InChI=1S/C22H22N4O3S/c1-12-4-3-5-14(8-12)20-19(24-13(2)30-20)22(28)26-11-15-9-16(15)18(26)10-23-21(27)17-6-7-29-25-17/h3-8,15-16,18H,9-11H2,1-2H3,(H,23,27)/t15-,16-,18+/m0/s1. The van der Waals surface area contributed by atoms with Crippen LogP contribution in [-0.4, -0.2) is 46.0 Å². The van der Waals surface area contributed by atoms with Gasteiger partial charge in [-0.1, -0.05) is 35.0 Å². The van der Waals surface area contributed by atoms with Crippen molar-refractivity contribution in [3.63, 3.8) is 0 Å². The summed E-state index contributed by atoms with van der Waals surface area (Å²) in [6, 6.07) is 9.65. The predicted octanol–water partition coefficient (Wildman–Crippen LogP) is 3.31. The molecule has 0 radical (unpaired) electrons. The number of piperidine rings is 1. The second kappa shape index (κ2) is 7.36. The molecule has 2 aromatic heterocycles. The zero-order chi connectivity index (χ0) is 20.8. The minimum absolute atomic E-state index is 0.0225. The second-order valence-corrected chi connectivity index (χ2v) is 9.26. The molecule has 3 atom stereocenters. The lowest BCUT2D eigenvalue weighted by Gasteiger charge is -2.27. The molecule has 8 heteroatoms. The lowest BCUT2D eigenvalue weighted by Crippen LogP contribution is -2.45. The molecule has 1 aromatic carbocycles. The molecule has 1 saturated heterocycles. The van der Waals surface area contributed by atoms with Crippen LogP contribution in [0.25, 0.3) is 10.4 Å². The topological polar surface area (TPSA) is 88.3 Å². The Labute approximate surface area is 178 Å². The van der Waals surface area contributed by atoms with Crippen LogP contribution >= 0.6 is 11.3 Å². The molecule has 154 valence electrons. The molecule has 3 aromatic rings. The third kappa shape index (κ3) is 3.41. The van der Waals surface area contributed by atoms with Crippen LogP contribution in [0.2, 0.25) is 0 Å². The maximum absolute atomic E-state index is 13.5. The molecule has 3 heterocycles. The third-order valence-corrected chi connectivity index (χ3v) is 6.94. The number of fused-ring (bicyclic) bond motifs is 1. The second-order valence-electron chi connectivity index (χ2n) is 8.06. The van der Waals surface area contributed by atoms with Gasteiger partial charge in [-0.15, -0.1) is 11.3 Å². The van der Waals surface area contributed by atoms with Gasteiger partial charge in [0.05, 0.1) is 15.9 Å². The van der Waals surface area contributed by atoms with Gasteiger partial charge in [0.25, 0.3) is 11.8 Å². The number of aryl methyl sites for hydroxylation is 2. The number of likely N-dealkylation sites (tertiary alicyclic amines) is 1. The highest BCUT2D eigenvalue weighted by atomic mass is 32.1. The highest BCUT2D eigenvalue weighted by molar-refractivity contribution is 7.15. The molecule has 1 aliphatic heterocycles. The molecule has 0 bridgehead atoms. The van der Waals surface area contributed by atoms with E-state index in [1.165, 1.54) is 12.3 Å². The zero-order valence-electron chi connectivity index (χ0n) is 16.8. The highest BCUT2D eigenvalue weighted by Crippen LogP contribution is 2.50. The Morgan fingerprint density at radius 2 is 2.17 bits per heavy atom. The van der Waals surface area contributed by atoms with Crippen molar-refractivity contribution in [3.8, 4) is 10.4 Å². The fraction of sp³-hybridized carbons (Fsp3) is 0.364. The van der Waals surface area contributed by atoms with Crippen molar-refractivity contribution >= 4 is 23.2 Å². The summed E-state index contributed by atoms with van der Waals surface area (Å²) in [6.07, 6.45) is 2.48. The summed E-state index contributed by atoms with van der Waals surface area (Å²) in [5, 5.41) is 7.45. The van der Waals surface area contributed by atoms with Gasteiger partial charge in [-0.05, 0) is 37.7 Å². The number of hydrogen-bond acceptors (Lipinski definition) is 6. The van der Waals surface area contributed by atoms with E-state index in [0.29, 0.717) is 24.1 Å². The van der Waals surface area contributed by atoms with Gasteiger partial charge in [-0.2, -0.15) is 0 Å². The summed E-state index contributed by atoms with van der Waals surface area (Å²) in [5.74, 6) is 0.618. The molecule has 1 N–H and O–H groups in total. The Balaban J connectivity index is 1.37. The molecule has 2 aliphatic rings. The van der Waals surface area contributed by atoms with E-state index in [9.17, 15) is 9.59 Å². The molecule has 1 saturated carbocycles. The smallest absolute Gasteiger partial charge is 0.274 e. The van der Waals surface area contributed by atoms with Gasteiger partial charge in [0.15, 0.2) is 5.69 Å². The van der Waals surface area contributed by atoms with Crippen molar-refractivity contribution in [1.82, 2.24) is 20.4 Å². The molecule has 0 spiro atoms. The number of benzene rings is 1. The van der Waals surface area contributed by atoms with Gasteiger partial charge in [0.1, 0.15) is 12.0 Å².